The molecule has 1 aromatic carbocycles. The molecule has 1 N–H and O–H groups in total. The molecule has 7 nitrogen and oxygen atoms in total. The molecule has 0 saturated heterocycles. The van der Waals surface area contributed by atoms with E-state index in [1.807, 2.05) is 37.3 Å². The minimum Gasteiger partial charge on any atom is -0.343 e. The first-order chi connectivity index (χ1) is 12.7. The number of amides is 1. The molecule has 0 radical (unpaired) electrons. The molecule has 7 heteroatoms. The Balaban J connectivity index is 1.45. The van der Waals surface area contributed by atoms with Crippen molar-refractivity contribution in [3.8, 4) is 5.69 Å². The summed E-state index contributed by atoms with van der Waals surface area (Å²) in [6.45, 7) is 2.30. The van der Waals surface area contributed by atoms with E-state index >= 15 is 0 Å². The van der Waals surface area contributed by atoms with E-state index < -0.39 is 0 Å². The molecule has 2 aromatic heterocycles. The largest absolute Gasteiger partial charge is 0.343 e. The monoisotopic (exact) mass is 348 g/mol. The van der Waals surface area contributed by atoms with Crippen LogP contribution in [0.3, 0.4) is 0 Å². The van der Waals surface area contributed by atoms with E-state index in [2.05, 4.69) is 25.6 Å². The highest BCUT2D eigenvalue weighted by atomic mass is 16.2. The Morgan fingerprint density at radius 2 is 1.96 bits per heavy atom. The topological polar surface area (TPSA) is 85.6 Å². The van der Waals surface area contributed by atoms with E-state index in [1.54, 1.807) is 10.9 Å². The van der Waals surface area contributed by atoms with Crippen LogP contribution >= 0.6 is 0 Å². The second kappa shape index (κ2) is 7.03. The predicted molar refractivity (Wildman–Crippen MR) is 95.9 cm³/mol. The Bertz CT molecular complexity index is 934. The van der Waals surface area contributed by atoms with E-state index in [4.69, 9.17) is 0 Å². The standard InChI is InChI=1S/C19H20N6O/c1-13-15-9-5-6-10-16(15)22-18(21-13)11-20-19(26)17-12-25(24-23-17)14-7-3-2-4-8-14/h2-4,7-8,12H,5-6,9-11H2,1H3,(H,20,26). The lowest BCUT2D eigenvalue weighted by Crippen LogP contribution is -2.25. The molecular formula is C19H20N6O. The normalized spacial score (nSPS) is 13.3. The van der Waals surface area contributed by atoms with Gasteiger partial charge in [0.1, 0.15) is 5.82 Å². The Kier molecular flexibility index (Phi) is 4.43. The molecule has 0 fully saturated rings. The van der Waals surface area contributed by atoms with Gasteiger partial charge in [-0.1, -0.05) is 23.4 Å². The highest BCUT2D eigenvalue weighted by Crippen LogP contribution is 2.21. The van der Waals surface area contributed by atoms with Gasteiger partial charge in [0, 0.05) is 11.4 Å². The summed E-state index contributed by atoms with van der Waals surface area (Å²) in [7, 11) is 0. The van der Waals surface area contributed by atoms with Gasteiger partial charge in [-0.15, -0.1) is 5.10 Å². The van der Waals surface area contributed by atoms with Crippen molar-refractivity contribution < 1.29 is 4.79 Å². The molecule has 1 aliphatic rings. The SMILES string of the molecule is Cc1nc(CNC(=O)c2cn(-c3ccccc3)nn2)nc2c1CCCC2. The van der Waals surface area contributed by atoms with E-state index in [1.165, 1.54) is 12.0 Å². The average Bonchev–Trinajstić information content (AvgIpc) is 3.17. The van der Waals surface area contributed by atoms with Crippen LogP contribution in [0.4, 0.5) is 0 Å². The van der Waals surface area contributed by atoms with Crippen molar-refractivity contribution in [2.75, 3.05) is 0 Å². The number of carbonyl (C=O) groups is 1. The fraction of sp³-hybridized carbons (Fsp3) is 0.316. The number of nitrogens with one attached hydrogen (secondary N) is 1. The zero-order valence-corrected chi connectivity index (χ0v) is 14.6. The van der Waals surface area contributed by atoms with Crippen LogP contribution in [0.25, 0.3) is 5.69 Å². The van der Waals surface area contributed by atoms with Gasteiger partial charge in [-0.25, -0.2) is 14.6 Å². The quantitative estimate of drug-likeness (QED) is 0.781. The van der Waals surface area contributed by atoms with Gasteiger partial charge in [-0.2, -0.15) is 0 Å². The van der Waals surface area contributed by atoms with Crippen LogP contribution in [-0.2, 0) is 19.4 Å². The number of benzene rings is 1. The van der Waals surface area contributed by atoms with Gasteiger partial charge in [0.15, 0.2) is 5.69 Å². The van der Waals surface area contributed by atoms with Gasteiger partial charge in [0.25, 0.3) is 5.91 Å². The van der Waals surface area contributed by atoms with Crippen molar-refractivity contribution in [3.63, 3.8) is 0 Å². The van der Waals surface area contributed by atoms with Crippen LogP contribution in [0.2, 0.25) is 0 Å². The Labute approximate surface area is 151 Å². The van der Waals surface area contributed by atoms with Crippen LogP contribution in [0.15, 0.2) is 36.5 Å². The number of fused-ring (bicyclic) bond motifs is 1. The molecule has 0 aliphatic heterocycles. The smallest absolute Gasteiger partial charge is 0.273 e. The predicted octanol–water partition coefficient (Wildman–Crippen LogP) is 2.17. The molecule has 0 atom stereocenters. The zero-order valence-electron chi connectivity index (χ0n) is 14.6. The van der Waals surface area contributed by atoms with Gasteiger partial charge in [-0.05, 0) is 50.3 Å². The molecule has 2 heterocycles. The Morgan fingerprint density at radius 1 is 1.15 bits per heavy atom. The summed E-state index contributed by atoms with van der Waals surface area (Å²) in [4.78, 5) is 21.5. The van der Waals surface area contributed by atoms with E-state index in [-0.39, 0.29) is 18.1 Å². The maximum absolute atomic E-state index is 12.4. The van der Waals surface area contributed by atoms with Crippen LogP contribution in [0.1, 0.15) is 46.1 Å². The number of aromatic nitrogens is 5. The highest BCUT2D eigenvalue weighted by Gasteiger charge is 2.16. The first-order valence-corrected chi connectivity index (χ1v) is 8.82. The summed E-state index contributed by atoms with van der Waals surface area (Å²) in [5.41, 5.74) is 4.55. The number of para-hydroxylation sites is 1. The van der Waals surface area contributed by atoms with Crippen LogP contribution < -0.4 is 5.32 Å². The molecule has 3 aromatic rings. The number of nitrogens with zero attached hydrogens (tertiary/aromatic N) is 5. The summed E-state index contributed by atoms with van der Waals surface area (Å²) < 4.78 is 1.58. The first kappa shape index (κ1) is 16.4. The third kappa shape index (κ3) is 3.33. The molecule has 0 saturated carbocycles. The molecule has 4 rings (SSSR count). The molecule has 26 heavy (non-hydrogen) atoms. The van der Waals surface area contributed by atoms with Gasteiger partial charge in [0.2, 0.25) is 0 Å². The van der Waals surface area contributed by atoms with Crippen molar-refractivity contribution in [3.05, 3.63) is 65.0 Å². The van der Waals surface area contributed by atoms with E-state index in [9.17, 15) is 4.79 Å². The van der Waals surface area contributed by atoms with Crippen LogP contribution in [-0.4, -0.2) is 30.9 Å². The molecular weight excluding hydrogens is 328 g/mol. The Morgan fingerprint density at radius 3 is 2.81 bits per heavy atom. The lowest BCUT2D eigenvalue weighted by atomic mass is 9.95. The summed E-state index contributed by atoms with van der Waals surface area (Å²) >= 11 is 0. The van der Waals surface area contributed by atoms with Crippen molar-refractivity contribution in [2.24, 2.45) is 0 Å². The van der Waals surface area contributed by atoms with Crippen molar-refractivity contribution >= 4 is 5.91 Å². The number of aryl methyl sites for hydroxylation is 2. The number of hydrogen-bond donors (Lipinski definition) is 1. The first-order valence-electron chi connectivity index (χ1n) is 8.82. The second-order valence-corrected chi connectivity index (χ2v) is 6.42. The Hall–Kier alpha value is -3.09. The number of hydrogen-bond acceptors (Lipinski definition) is 5. The summed E-state index contributed by atoms with van der Waals surface area (Å²) in [6.07, 6.45) is 6.02. The number of carbonyl (C=O) groups excluding carboxylic acids is 1. The fourth-order valence-electron chi connectivity index (χ4n) is 3.25. The minimum absolute atomic E-state index is 0.267. The zero-order chi connectivity index (χ0) is 17.9. The van der Waals surface area contributed by atoms with Gasteiger partial charge < -0.3 is 5.32 Å². The third-order valence-electron chi connectivity index (χ3n) is 4.59. The van der Waals surface area contributed by atoms with Crippen molar-refractivity contribution in [2.45, 2.75) is 39.2 Å². The number of rotatable bonds is 4. The summed E-state index contributed by atoms with van der Waals surface area (Å²) in [6, 6.07) is 9.55. The second-order valence-electron chi connectivity index (χ2n) is 6.42. The van der Waals surface area contributed by atoms with Crippen molar-refractivity contribution in [1.82, 2.24) is 30.3 Å². The van der Waals surface area contributed by atoms with Gasteiger partial charge in [-0.3, -0.25) is 4.79 Å². The molecule has 0 spiro atoms. The maximum Gasteiger partial charge on any atom is 0.273 e. The highest BCUT2D eigenvalue weighted by molar-refractivity contribution is 5.91. The van der Waals surface area contributed by atoms with Crippen LogP contribution in [0, 0.1) is 6.92 Å². The van der Waals surface area contributed by atoms with Gasteiger partial charge >= 0.3 is 0 Å². The summed E-state index contributed by atoms with van der Waals surface area (Å²) in [5.74, 6) is 0.359. The molecule has 0 unspecified atom stereocenters. The van der Waals surface area contributed by atoms with Gasteiger partial charge in [0.05, 0.1) is 18.4 Å². The molecule has 132 valence electrons. The average molecular weight is 348 g/mol. The third-order valence-corrected chi connectivity index (χ3v) is 4.59. The fourth-order valence-corrected chi connectivity index (χ4v) is 3.25. The summed E-state index contributed by atoms with van der Waals surface area (Å²) in [5, 5.41) is 10.8. The minimum atomic E-state index is -0.286. The molecule has 0 bridgehead atoms. The molecule has 1 aliphatic carbocycles. The van der Waals surface area contributed by atoms with E-state index in [0.29, 0.717) is 5.82 Å². The van der Waals surface area contributed by atoms with E-state index in [0.717, 1.165) is 36.3 Å². The molecule has 1 amide bonds. The van der Waals surface area contributed by atoms with Crippen molar-refractivity contribution in [1.29, 1.82) is 0 Å². The lowest BCUT2D eigenvalue weighted by molar-refractivity contribution is 0.0944. The maximum atomic E-state index is 12.4. The lowest BCUT2D eigenvalue weighted by Gasteiger charge is -2.17. The van der Waals surface area contributed by atoms with Crippen LogP contribution in [0.5, 0.6) is 0 Å².